The van der Waals surface area contributed by atoms with E-state index < -0.39 is 0 Å². The smallest absolute Gasteiger partial charge is 0.196 e. The van der Waals surface area contributed by atoms with Gasteiger partial charge in [0.1, 0.15) is 26.2 Å². The molecule has 1 saturated heterocycles. The molecule has 1 fully saturated rings. The zero-order valence-corrected chi connectivity index (χ0v) is 16.1. The van der Waals surface area contributed by atoms with Crippen molar-refractivity contribution in [1.29, 1.82) is 10.8 Å². The monoisotopic (exact) mass is 342 g/mol. The van der Waals surface area contributed by atoms with Gasteiger partial charge in [0, 0.05) is 13.1 Å². The van der Waals surface area contributed by atoms with Gasteiger partial charge in [-0.25, -0.2) is 0 Å². The molecule has 24 heavy (non-hydrogen) atoms. The number of rotatable bonds is 7. The summed E-state index contributed by atoms with van der Waals surface area (Å²) < 4.78 is 2.25. The SMILES string of the molecule is CC(C)CNC(=N)NC(=N)NCNCC[N+]1(C)CC[N+](C)(C)CC1. The Labute approximate surface area is 147 Å². The van der Waals surface area contributed by atoms with Crippen LogP contribution in [0.1, 0.15) is 13.8 Å². The molecule has 0 aromatic heterocycles. The maximum absolute atomic E-state index is 7.77. The first-order valence-corrected chi connectivity index (χ1v) is 8.90. The second kappa shape index (κ2) is 9.19. The third-order valence-corrected chi connectivity index (χ3v) is 4.65. The van der Waals surface area contributed by atoms with Gasteiger partial charge in [-0.2, -0.15) is 0 Å². The molecule has 0 radical (unpaired) electrons. The first-order valence-electron chi connectivity index (χ1n) is 8.90. The molecule has 1 aliphatic rings. The van der Waals surface area contributed by atoms with E-state index in [2.05, 4.69) is 56.3 Å². The summed E-state index contributed by atoms with van der Waals surface area (Å²) in [6, 6.07) is 0. The van der Waals surface area contributed by atoms with E-state index >= 15 is 0 Å². The van der Waals surface area contributed by atoms with Crippen LogP contribution in [0.5, 0.6) is 0 Å². The van der Waals surface area contributed by atoms with Gasteiger partial charge < -0.3 is 19.6 Å². The van der Waals surface area contributed by atoms with Gasteiger partial charge in [0.25, 0.3) is 0 Å². The number of likely N-dealkylation sites (N-methyl/N-ethyl adjacent to an activating group) is 2. The Morgan fingerprint density at radius 1 is 0.958 bits per heavy atom. The summed E-state index contributed by atoms with van der Waals surface area (Å²) in [5, 5.41) is 27.4. The minimum Gasteiger partial charge on any atom is -0.356 e. The molecule has 0 atom stereocenters. The Morgan fingerprint density at radius 3 is 2.12 bits per heavy atom. The summed E-state index contributed by atoms with van der Waals surface area (Å²) in [5.74, 6) is 0.772. The van der Waals surface area contributed by atoms with Crippen LogP contribution in [0.4, 0.5) is 0 Å². The molecule has 8 heteroatoms. The first-order chi connectivity index (χ1) is 11.1. The van der Waals surface area contributed by atoms with E-state index in [4.69, 9.17) is 10.8 Å². The summed E-state index contributed by atoms with van der Waals surface area (Å²) in [4.78, 5) is 0. The van der Waals surface area contributed by atoms with Gasteiger partial charge in [-0.05, 0) is 5.92 Å². The fourth-order valence-corrected chi connectivity index (χ4v) is 2.58. The van der Waals surface area contributed by atoms with Crippen molar-refractivity contribution < 1.29 is 8.97 Å². The van der Waals surface area contributed by atoms with E-state index in [1.165, 1.54) is 26.2 Å². The molecule has 0 amide bonds. The van der Waals surface area contributed by atoms with Crippen LogP contribution in [0.25, 0.3) is 0 Å². The topological polar surface area (TPSA) is 95.8 Å². The fraction of sp³-hybridized carbons (Fsp3) is 0.875. The summed E-state index contributed by atoms with van der Waals surface area (Å²) in [7, 11) is 6.94. The lowest BCUT2D eigenvalue weighted by Gasteiger charge is -2.44. The van der Waals surface area contributed by atoms with Crippen molar-refractivity contribution in [3.8, 4) is 0 Å². The van der Waals surface area contributed by atoms with Crippen LogP contribution in [-0.4, -0.2) is 94.5 Å². The Kier molecular flexibility index (Phi) is 7.92. The summed E-state index contributed by atoms with van der Waals surface area (Å²) in [5.41, 5.74) is 0. The van der Waals surface area contributed by atoms with Gasteiger partial charge in [-0.1, -0.05) is 13.8 Å². The molecule has 1 aliphatic heterocycles. The van der Waals surface area contributed by atoms with E-state index in [1.807, 2.05) is 0 Å². The summed E-state index contributed by atoms with van der Waals surface area (Å²) in [6.07, 6.45) is 0. The van der Waals surface area contributed by atoms with E-state index in [-0.39, 0.29) is 11.9 Å². The summed E-state index contributed by atoms with van der Waals surface area (Å²) >= 11 is 0. The molecule has 1 rings (SSSR count). The number of nitrogens with zero attached hydrogens (tertiary/aromatic N) is 2. The van der Waals surface area contributed by atoms with Crippen LogP contribution in [0, 0.1) is 16.7 Å². The lowest BCUT2D eigenvalue weighted by atomic mass is 10.2. The number of hydrogen-bond acceptors (Lipinski definition) is 3. The third kappa shape index (κ3) is 8.47. The Balaban J connectivity index is 2.09. The normalized spacial score (nSPS) is 18.9. The van der Waals surface area contributed by atoms with Crippen LogP contribution in [-0.2, 0) is 0 Å². The van der Waals surface area contributed by atoms with Crippen LogP contribution in [0.15, 0.2) is 0 Å². The number of nitrogens with one attached hydrogen (secondary N) is 6. The quantitative estimate of drug-likeness (QED) is 0.122. The highest BCUT2D eigenvalue weighted by Crippen LogP contribution is 2.12. The lowest BCUT2D eigenvalue weighted by Crippen LogP contribution is -2.63. The van der Waals surface area contributed by atoms with E-state index in [0.717, 1.165) is 28.6 Å². The minimum absolute atomic E-state index is 0.140. The Morgan fingerprint density at radius 2 is 1.54 bits per heavy atom. The molecule has 0 aliphatic carbocycles. The van der Waals surface area contributed by atoms with Gasteiger partial charge in [-0.15, -0.1) is 0 Å². The van der Waals surface area contributed by atoms with E-state index in [0.29, 0.717) is 12.6 Å². The van der Waals surface area contributed by atoms with Crippen molar-refractivity contribution in [2.45, 2.75) is 13.8 Å². The highest BCUT2D eigenvalue weighted by molar-refractivity contribution is 5.95. The number of guanidine groups is 2. The van der Waals surface area contributed by atoms with Gasteiger partial charge in [0.2, 0.25) is 0 Å². The fourth-order valence-electron chi connectivity index (χ4n) is 2.58. The van der Waals surface area contributed by atoms with Crippen LogP contribution >= 0.6 is 0 Å². The Hall–Kier alpha value is -1.38. The molecule has 0 aromatic carbocycles. The van der Waals surface area contributed by atoms with E-state index in [1.54, 1.807) is 0 Å². The van der Waals surface area contributed by atoms with Crippen molar-refractivity contribution in [3.63, 3.8) is 0 Å². The molecule has 8 nitrogen and oxygen atoms in total. The highest BCUT2D eigenvalue weighted by Gasteiger charge is 2.33. The van der Waals surface area contributed by atoms with Crippen molar-refractivity contribution in [1.82, 2.24) is 21.3 Å². The molecule has 0 unspecified atom stereocenters. The zero-order chi connectivity index (χ0) is 18.2. The highest BCUT2D eigenvalue weighted by atomic mass is 15.4. The number of hydrogen-bond donors (Lipinski definition) is 6. The maximum Gasteiger partial charge on any atom is 0.196 e. The largest absolute Gasteiger partial charge is 0.356 e. The Bertz CT molecular complexity index is 408. The third-order valence-electron chi connectivity index (χ3n) is 4.65. The van der Waals surface area contributed by atoms with Crippen LogP contribution in [0.2, 0.25) is 0 Å². The second-order valence-corrected chi connectivity index (χ2v) is 8.18. The molecule has 6 N–H and O–H groups in total. The lowest BCUT2D eigenvalue weighted by molar-refractivity contribution is -1.01. The zero-order valence-electron chi connectivity index (χ0n) is 16.1. The average Bonchev–Trinajstić information content (AvgIpc) is 2.48. The second-order valence-electron chi connectivity index (χ2n) is 8.18. The van der Waals surface area contributed by atoms with Crippen molar-refractivity contribution in [2.75, 3.05) is 73.6 Å². The maximum atomic E-state index is 7.77. The van der Waals surface area contributed by atoms with Crippen molar-refractivity contribution >= 4 is 11.9 Å². The number of quaternary nitrogens is 2. The molecule has 0 bridgehead atoms. The minimum atomic E-state index is 0.140. The standard InChI is InChI=1S/C16H38N8/c1-14(2)12-20-15(17)22-16(18)21-13-19-6-7-24(5)10-8-23(3,4)9-11-24/h14,19H,6-13H2,1-5H3,(H5,17,18,20,21,22)/q+2. The van der Waals surface area contributed by atoms with Crippen molar-refractivity contribution in [2.24, 2.45) is 5.92 Å². The first kappa shape index (κ1) is 20.7. The predicted octanol–water partition coefficient (Wildman–Crippen LogP) is -0.636. The molecule has 140 valence electrons. The molecule has 0 spiro atoms. The predicted molar refractivity (Wildman–Crippen MR) is 100 cm³/mol. The van der Waals surface area contributed by atoms with E-state index in [9.17, 15) is 0 Å². The number of piperazine rings is 1. The van der Waals surface area contributed by atoms with Crippen LogP contribution < -0.4 is 21.3 Å². The average molecular weight is 343 g/mol. The molecular formula is C16H38N8+2. The summed E-state index contributed by atoms with van der Waals surface area (Å²) in [6.45, 7) is 12.4. The van der Waals surface area contributed by atoms with Gasteiger partial charge in [0.15, 0.2) is 11.9 Å². The van der Waals surface area contributed by atoms with Gasteiger partial charge in [-0.3, -0.25) is 21.5 Å². The molecular weight excluding hydrogens is 304 g/mol. The van der Waals surface area contributed by atoms with Crippen molar-refractivity contribution in [3.05, 3.63) is 0 Å². The van der Waals surface area contributed by atoms with Gasteiger partial charge >= 0.3 is 0 Å². The molecule has 1 heterocycles. The van der Waals surface area contributed by atoms with Gasteiger partial charge in [0.05, 0.1) is 34.4 Å². The molecule has 0 saturated carbocycles. The van der Waals surface area contributed by atoms with Crippen LogP contribution in [0.3, 0.4) is 0 Å². The molecule has 0 aromatic rings.